The van der Waals surface area contributed by atoms with E-state index in [1.165, 1.54) is 0 Å². The molecule has 2 aromatic rings. The summed E-state index contributed by atoms with van der Waals surface area (Å²) in [5.74, 6) is 2.52. The number of rotatable bonds is 2. The number of aliphatic hydroxyl groups excluding tert-OH is 1. The van der Waals surface area contributed by atoms with Crippen LogP contribution >= 0.6 is 0 Å². The van der Waals surface area contributed by atoms with Crippen molar-refractivity contribution in [3.8, 4) is 12.3 Å². The van der Waals surface area contributed by atoms with Crippen LogP contribution in [0.5, 0.6) is 0 Å². The molecule has 0 fully saturated rings. The summed E-state index contributed by atoms with van der Waals surface area (Å²) in [7, 11) is 0. The molecule has 0 saturated carbocycles. The quantitative estimate of drug-likeness (QED) is 0.745. The first-order valence-corrected chi connectivity index (χ1v) is 7.07. The van der Waals surface area contributed by atoms with Crippen molar-refractivity contribution < 1.29 is 9.90 Å². The zero-order valence-electron chi connectivity index (χ0n) is 11.9. The predicted octanol–water partition coefficient (Wildman–Crippen LogP) is 2.45. The maximum absolute atomic E-state index is 12.1. The Morgan fingerprint density at radius 3 is 2.86 bits per heavy atom. The van der Waals surface area contributed by atoms with Crippen molar-refractivity contribution in [3.05, 3.63) is 65.2 Å². The molecule has 110 valence electrons. The summed E-state index contributed by atoms with van der Waals surface area (Å²) in [6.07, 6.45) is 5.28. The molecule has 3 N–H and O–H groups in total. The molecule has 1 aliphatic rings. The average Bonchev–Trinajstić information content (AvgIpc) is 2.83. The summed E-state index contributed by atoms with van der Waals surface area (Å²) in [5, 5.41) is 15.7. The average molecular weight is 292 g/mol. The SMILES string of the molecule is C#Cc1cccc(NC(=O)N[C@@H]2c3ccccc3C[C@@H]2O)c1. The molecule has 0 aliphatic heterocycles. The molecule has 0 saturated heterocycles. The number of anilines is 1. The van der Waals surface area contributed by atoms with E-state index < -0.39 is 12.1 Å². The number of urea groups is 1. The van der Waals surface area contributed by atoms with Crippen LogP contribution in [-0.2, 0) is 6.42 Å². The number of carbonyl (C=O) groups excluding carboxylic acids is 1. The second-order valence-corrected chi connectivity index (χ2v) is 5.27. The van der Waals surface area contributed by atoms with Crippen LogP contribution in [0, 0.1) is 12.3 Å². The topological polar surface area (TPSA) is 61.4 Å². The van der Waals surface area contributed by atoms with Crippen LogP contribution in [0.25, 0.3) is 0 Å². The second kappa shape index (κ2) is 5.92. The molecule has 2 atom stereocenters. The highest BCUT2D eigenvalue weighted by Crippen LogP contribution is 2.31. The van der Waals surface area contributed by atoms with E-state index in [9.17, 15) is 9.90 Å². The molecular weight excluding hydrogens is 276 g/mol. The van der Waals surface area contributed by atoms with Gasteiger partial charge in [0, 0.05) is 17.7 Å². The van der Waals surface area contributed by atoms with Crippen LogP contribution in [0.2, 0.25) is 0 Å². The molecule has 4 nitrogen and oxygen atoms in total. The minimum atomic E-state index is -0.611. The normalized spacial score (nSPS) is 19.1. The van der Waals surface area contributed by atoms with Gasteiger partial charge in [-0.15, -0.1) is 6.42 Å². The van der Waals surface area contributed by atoms with Gasteiger partial charge in [-0.25, -0.2) is 4.79 Å². The van der Waals surface area contributed by atoms with Crippen molar-refractivity contribution in [3.63, 3.8) is 0 Å². The fourth-order valence-electron chi connectivity index (χ4n) is 2.74. The van der Waals surface area contributed by atoms with E-state index in [-0.39, 0.29) is 6.03 Å². The lowest BCUT2D eigenvalue weighted by Crippen LogP contribution is -2.36. The van der Waals surface area contributed by atoms with E-state index in [1.54, 1.807) is 24.3 Å². The van der Waals surface area contributed by atoms with Gasteiger partial charge in [0.15, 0.2) is 0 Å². The van der Waals surface area contributed by atoms with Gasteiger partial charge >= 0.3 is 6.03 Å². The van der Waals surface area contributed by atoms with Gasteiger partial charge in [-0.05, 0) is 29.3 Å². The lowest BCUT2D eigenvalue weighted by molar-refractivity contribution is 0.144. The molecule has 0 radical (unpaired) electrons. The van der Waals surface area contributed by atoms with Crippen LogP contribution in [0.1, 0.15) is 22.7 Å². The molecule has 0 heterocycles. The Hall–Kier alpha value is -2.77. The molecule has 2 aromatic carbocycles. The molecule has 0 aromatic heterocycles. The first-order chi connectivity index (χ1) is 10.7. The Kier molecular flexibility index (Phi) is 3.82. The molecule has 1 aliphatic carbocycles. The van der Waals surface area contributed by atoms with Gasteiger partial charge in [0.1, 0.15) is 0 Å². The van der Waals surface area contributed by atoms with Gasteiger partial charge in [0.2, 0.25) is 0 Å². The highest BCUT2D eigenvalue weighted by Gasteiger charge is 2.31. The van der Waals surface area contributed by atoms with Crippen LogP contribution < -0.4 is 10.6 Å². The van der Waals surface area contributed by atoms with E-state index in [0.717, 1.165) is 11.1 Å². The number of fused-ring (bicyclic) bond motifs is 1. The molecule has 0 bridgehead atoms. The van der Waals surface area contributed by atoms with Crippen LogP contribution in [0.3, 0.4) is 0 Å². The lowest BCUT2D eigenvalue weighted by atomic mass is 10.1. The third kappa shape index (κ3) is 2.80. The maximum Gasteiger partial charge on any atom is 0.319 e. The molecule has 3 rings (SSSR count). The van der Waals surface area contributed by atoms with Crippen molar-refractivity contribution in [2.75, 3.05) is 5.32 Å². The van der Waals surface area contributed by atoms with Gasteiger partial charge in [0.25, 0.3) is 0 Å². The number of nitrogens with one attached hydrogen (secondary N) is 2. The fraction of sp³-hybridized carbons (Fsp3) is 0.167. The number of aliphatic hydroxyl groups is 1. The number of amides is 2. The van der Waals surface area contributed by atoms with Gasteiger partial charge in [-0.3, -0.25) is 0 Å². The standard InChI is InChI=1S/C18H16N2O2/c1-2-12-6-5-8-14(10-12)19-18(22)20-17-15-9-4-3-7-13(15)11-16(17)21/h1,3-10,16-17,21H,11H2,(H2,19,20,22)/t16-,17+/m0/s1. The van der Waals surface area contributed by atoms with Crippen LogP contribution in [0.15, 0.2) is 48.5 Å². The van der Waals surface area contributed by atoms with Gasteiger partial charge < -0.3 is 15.7 Å². The first-order valence-electron chi connectivity index (χ1n) is 7.07. The molecule has 0 spiro atoms. The summed E-state index contributed by atoms with van der Waals surface area (Å²) in [5.41, 5.74) is 3.34. The summed E-state index contributed by atoms with van der Waals surface area (Å²) in [4.78, 5) is 12.1. The van der Waals surface area contributed by atoms with Gasteiger partial charge in [0.05, 0.1) is 12.1 Å². The highest BCUT2D eigenvalue weighted by atomic mass is 16.3. The molecule has 22 heavy (non-hydrogen) atoms. The molecule has 0 unspecified atom stereocenters. The second-order valence-electron chi connectivity index (χ2n) is 5.27. The Bertz CT molecular complexity index is 749. The van der Waals surface area contributed by atoms with E-state index >= 15 is 0 Å². The number of carbonyl (C=O) groups is 1. The van der Waals surface area contributed by atoms with Crippen molar-refractivity contribution in [1.82, 2.24) is 5.32 Å². The van der Waals surface area contributed by atoms with Gasteiger partial charge in [-0.1, -0.05) is 36.3 Å². The third-order valence-corrected chi connectivity index (χ3v) is 3.78. The van der Waals surface area contributed by atoms with Crippen molar-refractivity contribution in [2.45, 2.75) is 18.6 Å². The number of benzene rings is 2. The van der Waals surface area contributed by atoms with Crippen LogP contribution in [-0.4, -0.2) is 17.2 Å². The minimum absolute atomic E-state index is 0.366. The zero-order chi connectivity index (χ0) is 15.5. The minimum Gasteiger partial charge on any atom is -0.390 e. The molecule has 2 amide bonds. The lowest BCUT2D eigenvalue weighted by Gasteiger charge is -2.18. The van der Waals surface area contributed by atoms with E-state index in [4.69, 9.17) is 6.42 Å². The Balaban J connectivity index is 1.71. The third-order valence-electron chi connectivity index (χ3n) is 3.78. The molecular formula is C18H16N2O2. The van der Waals surface area contributed by atoms with Crippen LogP contribution in [0.4, 0.5) is 10.5 Å². The number of hydrogen-bond donors (Lipinski definition) is 3. The van der Waals surface area contributed by atoms with Crippen molar-refractivity contribution >= 4 is 11.7 Å². The summed E-state index contributed by atoms with van der Waals surface area (Å²) in [6, 6.07) is 14.0. The molecule has 4 heteroatoms. The Labute approximate surface area is 129 Å². The summed E-state index contributed by atoms with van der Waals surface area (Å²) >= 11 is 0. The maximum atomic E-state index is 12.1. The largest absolute Gasteiger partial charge is 0.390 e. The smallest absolute Gasteiger partial charge is 0.319 e. The van der Waals surface area contributed by atoms with E-state index in [0.29, 0.717) is 17.7 Å². The number of hydrogen-bond acceptors (Lipinski definition) is 2. The summed E-state index contributed by atoms with van der Waals surface area (Å²) in [6.45, 7) is 0. The van der Waals surface area contributed by atoms with E-state index in [2.05, 4.69) is 16.6 Å². The highest BCUT2D eigenvalue weighted by molar-refractivity contribution is 5.89. The Morgan fingerprint density at radius 1 is 1.23 bits per heavy atom. The fourth-order valence-corrected chi connectivity index (χ4v) is 2.74. The predicted molar refractivity (Wildman–Crippen MR) is 85.4 cm³/mol. The van der Waals surface area contributed by atoms with E-state index in [1.807, 2.05) is 24.3 Å². The number of terminal acetylenes is 1. The van der Waals surface area contributed by atoms with Gasteiger partial charge in [-0.2, -0.15) is 0 Å². The van der Waals surface area contributed by atoms with Crippen molar-refractivity contribution in [2.24, 2.45) is 0 Å². The Morgan fingerprint density at radius 2 is 2.05 bits per heavy atom. The first kappa shape index (κ1) is 14.2. The zero-order valence-corrected chi connectivity index (χ0v) is 11.9. The monoisotopic (exact) mass is 292 g/mol. The summed E-state index contributed by atoms with van der Waals surface area (Å²) < 4.78 is 0. The van der Waals surface area contributed by atoms with Crippen molar-refractivity contribution in [1.29, 1.82) is 0 Å².